The summed E-state index contributed by atoms with van der Waals surface area (Å²) in [4.78, 5) is 9.83. The molecule has 10 heteroatoms. The molecule has 2 aromatic carbocycles. The highest BCUT2D eigenvalue weighted by molar-refractivity contribution is 7.89. The molecule has 0 amide bonds. The second-order valence-corrected chi connectivity index (χ2v) is 8.22. The predicted molar refractivity (Wildman–Crippen MR) is 100 cm³/mol. The van der Waals surface area contributed by atoms with Crippen LogP contribution in [0.2, 0.25) is 0 Å². The fourth-order valence-electron chi connectivity index (χ4n) is 2.47. The topological polar surface area (TPSA) is 95.1 Å². The van der Waals surface area contributed by atoms with Crippen molar-refractivity contribution < 1.29 is 17.6 Å². The molecule has 0 aliphatic heterocycles. The first-order chi connectivity index (χ1) is 12.7. The average molecular weight is 428 g/mol. The summed E-state index contributed by atoms with van der Waals surface area (Å²) < 4.78 is 38.3. The van der Waals surface area contributed by atoms with Gasteiger partial charge in [-0.05, 0) is 42.5 Å². The molecular weight excluding hydrogens is 416 g/mol. The van der Waals surface area contributed by atoms with Gasteiger partial charge in [0.05, 0.1) is 27.5 Å². The van der Waals surface area contributed by atoms with Gasteiger partial charge in [0.25, 0.3) is 0 Å². The van der Waals surface area contributed by atoms with E-state index in [0.29, 0.717) is 28.9 Å². The van der Waals surface area contributed by atoms with E-state index < -0.39 is 20.7 Å². The number of carbonyl (C=O) groups excluding carboxylic acids is 1. The minimum absolute atomic E-state index is 0.0610. The number of rotatable bonds is 5. The van der Waals surface area contributed by atoms with E-state index in [2.05, 4.69) is 5.10 Å². The number of alkyl halides is 2. The lowest BCUT2D eigenvalue weighted by Crippen LogP contribution is -2.12. The second kappa shape index (κ2) is 7.40. The van der Waals surface area contributed by atoms with Crippen molar-refractivity contribution in [3.8, 4) is 16.9 Å². The molecule has 0 aliphatic carbocycles. The number of nitrogens with zero attached hydrogens (tertiary/aromatic N) is 2. The van der Waals surface area contributed by atoms with Gasteiger partial charge in [-0.1, -0.05) is 29.3 Å². The van der Waals surface area contributed by atoms with Crippen LogP contribution in [-0.2, 0) is 10.0 Å². The highest BCUT2D eigenvalue weighted by Gasteiger charge is 2.17. The first-order valence-corrected chi connectivity index (χ1v) is 9.89. The first-order valence-electron chi connectivity index (χ1n) is 7.47. The van der Waals surface area contributed by atoms with Gasteiger partial charge in [0.1, 0.15) is 5.82 Å². The van der Waals surface area contributed by atoms with Crippen molar-refractivity contribution in [1.29, 1.82) is 0 Å². The Morgan fingerprint density at radius 2 is 1.78 bits per heavy atom. The number of hydrogen-bond acceptors (Lipinski definition) is 4. The molecule has 3 aromatic rings. The third-order valence-corrected chi connectivity index (χ3v) is 5.16. The Labute approximate surface area is 164 Å². The van der Waals surface area contributed by atoms with E-state index in [4.69, 9.17) is 28.3 Å². The van der Waals surface area contributed by atoms with Crippen LogP contribution in [0.4, 0.5) is 4.39 Å². The summed E-state index contributed by atoms with van der Waals surface area (Å²) in [5.41, 5.74) is 1.62. The number of halogens is 3. The Morgan fingerprint density at radius 3 is 2.30 bits per heavy atom. The minimum Gasteiger partial charge on any atom is -0.298 e. The number of nitrogens with two attached hydrogens (primary N) is 1. The highest BCUT2D eigenvalue weighted by atomic mass is 35.5. The molecular formula is C17H12Cl2FN3O3S. The molecule has 140 valence electrons. The molecule has 1 heterocycles. The molecule has 3 rings (SSSR count). The molecule has 2 N–H and O–H groups in total. The van der Waals surface area contributed by atoms with Crippen molar-refractivity contribution in [2.24, 2.45) is 5.14 Å². The van der Waals surface area contributed by atoms with Crippen LogP contribution >= 0.6 is 23.2 Å². The molecule has 0 unspecified atom stereocenters. The third kappa shape index (κ3) is 4.03. The molecule has 27 heavy (non-hydrogen) atoms. The minimum atomic E-state index is -3.84. The van der Waals surface area contributed by atoms with Gasteiger partial charge in [-0.25, -0.2) is 22.6 Å². The largest absolute Gasteiger partial charge is 0.298 e. The molecule has 1 aromatic heterocycles. The molecule has 0 bridgehead atoms. The summed E-state index contributed by atoms with van der Waals surface area (Å²) in [6.07, 6.45) is 0.418. The van der Waals surface area contributed by atoms with E-state index >= 15 is 0 Å². The van der Waals surface area contributed by atoms with E-state index in [1.807, 2.05) is 0 Å². The van der Waals surface area contributed by atoms with Gasteiger partial charge in [0.15, 0.2) is 11.1 Å². The monoisotopic (exact) mass is 427 g/mol. The van der Waals surface area contributed by atoms with Crippen molar-refractivity contribution >= 4 is 39.5 Å². The maximum atomic E-state index is 14.0. The van der Waals surface area contributed by atoms with Crippen molar-refractivity contribution in [2.45, 2.75) is 9.73 Å². The number of hydrogen-bond donors (Lipinski definition) is 1. The lowest BCUT2D eigenvalue weighted by atomic mass is 10.1. The maximum absolute atomic E-state index is 14.0. The van der Waals surface area contributed by atoms with Crippen LogP contribution in [0.15, 0.2) is 53.4 Å². The van der Waals surface area contributed by atoms with Crippen molar-refractivity contribution in [3.05, 3.63) is 65.6 Å². The van der Waals surface area contributed by atoms with E-state index in [1.54, 1.807) is 12.1 Å². The SMILES string of the molecule is NS(=O)(=O)c1ccc(-n2nc(C(Cl)Cl)cc2-c2ccc(C=O)c(F)c2)cc1. The molecule has 6 nitrogen and oxygen atoms in total. The smallest absolute Gasteiger partial charge is 0.238 e. The summed E-state index contributed by atoms with van der Waals surface area (Å²) in [5, 5.41) is 9.40. The quantitative estimate of drug-likeness (QED) is 0.496. The fraction of sp³-hybridized carbons (Fsp3) is 0.0588. The predicted octanol–water partition coefficient (Wildman–Crippen LogP) is 3.61. The summed E-state index contributed by atoms with van der Waals surface area (Å²) in [7, 11) is -3.84. The van der Waals surface area contributed by atoms with Gasteiger partial charge in [-0.2, -0.15) is 5.10 Å². The molecule has 0 spiro atoms. The third-order valence-electron chi connectivity index (χ3n) is 3.78. The zero-order valence-electron chi connectivity index (χ0n) is 13.5. The van der Waals surface area contributed by atoms with Crippen LogP contribution in [0.25, 0.3) is 16.9 Å². The van der Waals surface area contributed by atoms with Crippen LogP contribution in [0.5, 0.6) is 0 Å². The summed E-state index contributed by atoms with van der Waals surface area (Å²) in [6.45, 7) is 0. The number of aldehydes is 1. The number of carbonyl (C=O) groups is 1. The summed E-state index contributed by atoms with van der Waals surface area (Å²) >= 11 is 11.8. The van der Waals surface area contributed by atoms with Crippen molar-refractivity contribution in [2.75, 3.05) is 0 Å². The van der Waals surface area contributed by atoms with Crippen LogP contribution in [0, 0.1) is 5.82 Å². The maximum Gasteiger partial charge on any atom is 0.238 e. The molecule has 0 saturated carbocycles. The Hall–Kier alpha value is -2.26. The van der Waals surface area contributed by atoms with Gasteiger partial charge in [-0.15, -0.1) is 0 Å². The Morgan fingerprint density at radius 1 is 1.11 bits per heavy atom. The van der Waals surface area contributed by atoms with E-state index in [0.717, 1.165) is 0 Å². The van der Waals surface area contributed by atoms with Gasteiger partial charge in [0, 0.05) is 5.56 Å². The van der Waals surface area contributed by atoms with Gasteiger partial charge in [-0.3, -0.25) is 4.79 Å². The lowest BCUT2D eigenvalue weighted by molar-refractivity contribution is 0.112. The van der Waals surface area contributed by atoms with Crippen molar-refractivity contribution in [1.82, 2.24) is 9.78 Å². The number of aromatic nitrogens is 2. The van der Waals surface area contributed by atoms with Gasteiger partial charge in [0.2, 0.25) is 10.0 Å². The molecule has 0 saturated heterocycles. The van der Waals surface area contributed by atoms with Crippen LogP contribution in [-0.4, -0.2) is 24.5 Å². The fourth-order valence-corrected chi connectivity index (χ4v) is 3.20. The standard InChI is InChI=1S/C17H12Cl2FN3O3S/c18-17(19)15-8-16(10-1-2-11(9-24)14(20)7-10)23(22-15)12-3-5-13(6-4-12)27(21,25)26/h1-9,17H,(H2,21,25,26). The molecule has 0 fully saturated rings. The van der Waals surface area contributed by atoms with Crippen LogP contribution < -0.4 is 5.14 Å². The number of benzene rings is 2. The molecule has 0 atom stereocenters. The Kier molecular flexibility index (Phi) is 5.34. The van der Waals surface area contributed by atoms with Crippen LogP contribution in [0.3, 0.4) is 0 Å². The second-order valence-electron chi connectivity index (χ2n) is 5.56. The number of primary sulfonamides is 1. The zero-order valence-corrected chi connectivity index (χ0v) is 15.8. The van der Waals surface area contributed by atoms with Gasteiger partial charge < -0.3 is 0 Å². The van der Waals surface area contributed by atoms with Crippen LogP contribution in [0.1, 0.15) is 20.9 Å². The first kappa shape index (κ1) is 19.5. The summed E-state index contributed by atoms with van der Waals surface area (Å²) in [6, 6.07) is 11.3. The highest BCUT2D eigenvalue weighted by Crippen LogP contribution is 2.31. The normalized spacial score (nSPS) is 11.7. The number of sulfonamides is 1. The zero-order chi connectivity index (χ0) is 19.8. The van der Waals surface area contributed by atoms with E-state index in [1.165, 1.54) is 41.1 Å². The Bertz CT molecular complexity index is 1110. The van der Waals surface area contributed by atoms with Gasteiger partial charge >= 0.3 is 0 Å². The Balaban J connectivity index is 2.15. The van der Waals surface area contributed by atoms with E-state index in [9.17, 15) is 17.6 Å². The lowest BCUT2D eigenvalue weighted by Gasteiger charge is -2.09. The molecule has 0 radical (unpaired) electrons. The summed E-state index contributed by atoms with van der Waals surface area (Å²) in [5.74, 6) is -0.685. The van der Waals surface area contributed by atoms with Crippen molar-refractivity contribution in [3.63, 3.8) is 0 Å². The average Bonchev–Trinajstić information content (AvgIpc) is 3.06. The van der Waals surface area contributed by atoms with E-state index in [-0.39, 0.29) is 10.5 Å². The molecule has 0 aliphatic rings.